The normalized spacial score (nSPS) is 8.77. The van der Waals surface area contributed by atoms with Crippen LogP contribution in [0.3, 0.4) is 0 Å². The van der Waals surface area contributed by atoms with Gasteiger partial charge in [0.1, 0.15) is 0 Å². The van der Waals surface area contributed by atoms with Gasteiger partial charge in [0.05, 0.1) is 22.3 Å². The van der Waals surface area contributed by atoms with Gasteiger partial charge >= 0.3 is 23.9 Å². The standard InChI is InChI=1S/C14H8O8.4K/c15-11(16)5-1-7-8(10(3-5)14(21)22)2-6(12(17)18)4-9(7)13(19)20;;;;/h1-4H,(H,15,16)(H,17,18)(H,19,20)(H,21,22);;;;. The van der Waals surface area contributed by atoms with Crippen LogP contribution >= 0.6 is 0 Å². The Morgan fingerprint density at radius 1 is 0.500 bits per heavy atom. The molecule has 4 radical (unpaired) electrons. The molecule has 8 nitrogen and oxygen atoms in total. The van der Waals surface area contributed by atoms with Gasteiger partial charge in [-0.3, -0.25) is 0 Å². The summed E-state index contributed by atoms with van der Waals surface area (Å²) in [6.07, 6.45) is 0. The molecule has 0 aliphatic carbocycles. The number of rotatable bonds is 4. The smallest absolute Gasteiger partial charge is 0.336 e. The van der Waals surface area contributed by atoms with Crippen molar-refractivity contribution in [3.63, 3.8) is 0 Å². The van der Waals surface area contributed by atoms with Gasteiger partial charge in [0.2, 0.25) is 0 Å². The average molecular weight is 461 g/mol. The van der Waals surface area contributed by atoms with Crippen molar-refractivity contribution in [2.45, 2.75) is 0 Å². The van der Waals surface area contributed by atoms with Crippen molar-refractivity contribution in [1.29, 1.82) is 0 Å². The fourth-order valence-electron chi connectivity index (χ4n) is 2.06. The van der Waals surface area contributed by atoms with Crippen LogP contribution in [0, 0.1) is 0 Å². The van der Waals surface area contributed by atoms with E-state index in [1.54, 1.807) is 0 Å². The minimum absolute atomic E-state index is 0. The van der Waals surface area contributed by atoms with Crippen LogP contribution in [0.25, 0.3) is 10.8 Å². The molecule has 0 fully saturated rings. The topological polar surface area (TPSA) is 149 Å². The summed E-state index contributed by atoms with van der Waals surface area (Å²) in [5.41, 5.74) is -1.79. The summed E-state index contributed by atoms with van der Waals surface area (Å²) in [5, 5.41) is 36.0. The van der Waals surface area contributed by atoms with Crippen LogP contribution < -0.4 is 0 Å². The molecule has 0 bridgehead atoms. The minimum atomic E-state index is -1.49. The summed E-state index contributed by atoms with van der Waals surface area (Å²) in [6.45, 7) is 0. The molecule has 4 N–H and O–H groups in total. The van der Waals surface area contributed by atoms with E-state index in [2.05, 4.69) is 0 Å². The van der Waals surface area contributed by atoms with Crippen LogP contribution in [0.4, 0.5) is 0 Å². The van der Waals surface area contributed by atoms with Crippen molar-refractivity contribution in [3.05, 3.63) is 46.5 Å². The molecule has 26 heavy (non-hydrogen) atoms. The molecule has 2 aromatic carbocycles. The number of aromatic carboxylic acids is 4. The third-order valence-corrected chi connectivity index (χ3v) is 3.02. The van der Waals surface area contributed by atoms with Crippen molar-refractivity contribution in [2.75, 3.05) is 0 Å². The predicted octanol–water partition coefficient (Wildman–Crippen LogP) is 0.109. The Kier molecular flexibility index (Phi) is 19.5. The van der Waals surface area contributed by atoms with Crippen molar-refractivity contribution in [3.8, 4) is 0 Å². The maximum Gasteiger partial charge on any atom is 0.336 e. The Hall–Kier alpha value is 3.13. The number of carbonyl (C=O) groups is 4. The number of hydrogen-bond acceptors (Lipinski definition) is 4. The Morgan fingerprint density at radius 2 is 0.769 bits per heavy atom. The first-order chi connectivity index (χ1) is 10.2. The zero-order valence-corrected chi connectivity index (χ0v) is 27.2. The summed E-state index contributed by atoms with van der Waals surface area (Å²) in [7, 11) is 0. The zero-order valence-electron chi connectivity index (χ0n) is 14.7. The number of carboxylic acids is 4. The Bertz CT molecular complexity index is 794. The molecule has 2 aromatic rings. The van der Waals surface area contributed by atoms with Crippen molar-refractivity contribution >= 4 is 240 Å². The molecular weight excluding hydrogens is 453 g/mol. The van der Waals surface area contributed by atoms with Crippen molar-refractivity contribution < 1.29 is 39.6 Å². The molecule has 0 aromatic heterocycles. The van der Waals surface area contributed by atoms with Crippen LogP contribution in [-0.2, 0) is 0 Å². The molecule has 0 aliphatic rings. The molecule has 0 spiro atoms. The van der Waals surface area contributed by atoms with Crippen LogP contribution in [0.1, 0.15) is 41.4 Å². The molecule has 2 rings (SSSR count). The van der Waals surface area contributed by atoms with Gasteiger partial charge in [-0.15, -0.1) is 0 Å². The third-order valence-electron chi connectivity index (χ3n) is 3.02. The summed E-state index contributed by atoms with van der Waals surface area (Å²) >= 11 is 0. The first-order valence-electron chi connectivity index (χ1n) is 5.77. The molecule has 0 atom stereocenters. The first-order valence-corrected chi connectivity index (χ1v) is 5.77. The summed E-state index contributed by atoms with van der Waals surface area (Å²) < 4.78 is 0. The number of hydrogen-bond donors (Lipinski definition) is 4. The van der Waals surface area contributed by atoms with Gasteiger partial charge in [-0.2, -0.15) is 0 Å². The third kappa shape index (κ3) is 8.34. The number of carboxylic acid groups (broad SMARTS) is 4. The van der Waals surface area contributed by atoms with E-state index in [0.29, 0.717) is 0 Å². The SMILES string of the molecule is O=C(O)c1cc(C(=O)O)c2cc(C(=O)O)cc(C(=O)O)c2c1.[K].[K].[K].[K]. The second-order valence-electron chi connectivity index (χ2n) is 4.36. The van der Waals surface area contributed by atoms with Gasteiger partial charge in [-0.1, -0.05) is 0 Å². The number of benzene rings is 2. The molecule has 0 saturated carbocycles. The molecule has 116 valence electrons. The fourth-order valence-corrected chi connectivity index (χ4v) is 2.06. The maximum absolute atomic E-state index is 11.3. The van der Waals surface area contributed by atoms with E-state index in [-0.39, 0.29) is 216 Å². The predicted molar refractivity (Wildman–Crippen MR) is 94.8 cm³/mol. The van der Waals surface area contributed by atoms with Gasteiger partial charge in [0.25, 0.3) is 0 Å². The first kappa shape index (κ1) is 33.8. The molecule has 12 heteroatoms. The Labute approximate surface area is 317 Å². The molecule has 0 aliphatic heterocycles. The van der Waals surface area contributed by atoms with Gasteiger partial charge in [-0.05, 0) is 35.0 Å². The van der Waals surface area contributed by atoms with E-state index in [9.17, 15) is 19.2 Å². The summed E-state index contributed by atoms with van der Waals surface area (Å²) in [4.78, 5) is 44.6. The van der Waals surface area contributed by atoms with Crippen LogP contribution in [-0.4, -0.2) is 250 Å². The monoisotopic (exact) mass is 460 g/mol. The quantitative estimate of drug-likeness (QED) is 0.470. The van der Waals surface area contributed by atoms with Crippen LogP contribution in [0.2, 0.25) is 0 Å². The van der Waals surface area contributed by atoms with E-state index < -0.39 is 46.1 Å². The second kappa shape index (κ2) is 15.0. The van der Waals surface area contributed by atoms with E-state index in [4.69, 9.17) is 20.4 Å². The van der Waals surface area contributed by atoms with Crippen LogP contribution in [0.15, 0.2) is 24.3 Å². The van der Waals surface area contributed by atoms with Gasteiger partial charge < -0.3 is 20.4 Å². The molecule has 0 heterocycles. The van der Waals surface area contributed by atoms with E-state index in [1.165, 1.54) is 0 Å². The number of fused-ring (bicyclic) bond motifs is 1. The molecule has 0 unspecified atom stereocenters. The van der Waals surface area contributed by atoms with Crippen LogP contribution in [0.5, 0.6) is 0 Å². The summed E-state index contributed by atoms with van der Waals surface area (Å²) in [5.74, 6) is -5.84. The Morgan fingerprint density at radius 3 is 0.962 bits per heavy atom. The van der Waals surface area contributed by atoms with Gasteiger partial charge in [0.15, 0.2) is 0 Å². The van der Waals surface area contributed by atoms with Crippen molar-refractivity contribution in [2.24, 2.45) is 0 Å². The molecule has 0 amide bonds. The molecule has 0 saturated heterocycles. The van der Waals surface area contributed by atoms with E-state index >= 15 is 0 Å². The summed E-state index contributed by atoms with van der Waals surface area (Å²) in [6, 6.07) is 3.70. The maximum atomic E-state index is 11.3. The minimum Gasteiger partial charge on any atom is -0.478 e. The fraction of sp³-hybridized carbons (Fsp3) is 0. The van der Waals surface area contributed by atoms with Gasteiger partial charge in [0, 0.05) is 206 Å². The average Bonchev–Trinajstić information content (AvgIpc) is 2.44. The Balaban J connectivity index is -0.00000132. The largest absolute Gasteiger partial charge is 0.478 e. The van der Waals surface area contributed by atoms with E-state index in [0.717, 1.165) is 24.3 Å². The van der Waals surface area contributed by atoms with Gasteiger partial charge in [-0.25, -0.2) is 19.2 Å². The van der Waals surface area contributed by atoms with Crippen molar-refractivity contribution in [1.82, 2.24) is 0 Å². The molecular formula is C14H8K4O8. The zero-order chi connectivity index (χ0) is 16.6. The second-order valence-corrected chi connectivity index (χ2v) is 4.36. The van der Waals surface area contributed by atoms with E-state index in [1.807, 2.05) is 0 Å².